The summed E-state index contributed by atoms with van der Waals surface area (Å²) in [4.78, 5) is 41.4. The van der Waals surface area contributed by atoms with Gasteiger partial charge < -0.3 is 19.6 Å². The van der Waals surface area contributed by atoms with Gasteiger partial charge in [-0.1, -0.05) is 35.9 Å². The van der Waals surface area contributed by atoms with Gasteiger partial charge in [0.15, 0.2) is 0 Å². The first-order chi connectivity index (χ1) is 14.9. The molecule has 4 aromatic rings. The zero-order chi connectivity index (χ0) is 22.1. The van der Waals surface area contributed by atoms with Gasteiger partial charge in [-0.25, -0.2) is 9.36 Å². The van der Waals surface area contributed by atoms with E-state index in [2.05, 4.69) is 10.3 Å². The van der Waals surface area contributed by atoms with Crippen molar-refractivity contribution in [1.29, 1.82) is 0 Å². The fourth-order valence-corrected chi connectivity index (χ4v) is 3.59. The predicted molar refractivity (Wildman–Crippen MR) is 118 cm³/mol. The van der Waals surface area contributed by atoms with Crippen LogP contribution < -0.4 is 21.3 Å². The quantitative estimate of drug-likeness (QED) is 0.519. The molecule has 0 saturated carbocycles. The number of nitrogens with zero attached hydrogens (tertiary/aromatic N) is 2. The number of hydrogen-bond donors (Lipinski definition) is 2. The Morgan fingerprint density at radius 2 is 1.81 bits per heavy atom. The maximum Gasteiger partial charge on any atom is 0.333 e. The summed E-state index contributed by atoms with van der Waals surface area (Å²) in [6.45, 7) is 2.16. The summed E-state index contributed by atoms with van der Waals surface area (Å²) < 4.78 is 7.92. The number of aromatic nitrogens is 3. The Bertz CT molecular complexity index is 1390. The molecule has 0 unspecified atom stereocenters. The molecule has 0 aliphatic heterocycles. The van der Waals surface area contributed by atoms with E-state index in [-0.39, 0.29) is 23.1 Å². The Kier molecular flexibility index (Phi) is 5.21. The molecule has 2 N–H and O–H groups in total. The van der Waals surface area contributed by atoms with Crippen LogP contribution >= 0.6 is 0 Å². The number of benzene rings is 2. The van der Waals surface area contributed by atoms with Crippen LogP contribution in [0.4, 0.5) is 0 Å². The maximum absolute atomic E-state index is 13.1. The zero-order valence-electron chi connectivity index (χ0n) is 17.4. The molecule has 0 saturated heterocycles. The molecular weight excluding hydrogens is 396 g/mol. The normalized spacial score (nSPS) is 10.9. The first-order valence-corrected chi connectivity index (χ1v) is 9.72. The number of fused-ring (bicyclic) bond motifs is 1. The smallest absolute Gasteiger partial charge is 0.333 e. The van der Waals surface area contributed by atoms with Crippen molar-refractivity contribution < 1.29 is 9.53 Å². The van der Waals surface area contributed by atoms with Crippen molar-refractivity contribution in [2.45, 2.75) is 13.5 Å². The van der Waals surface area contributed by atoms with Crippen molar-refractivity contribution in [3.63, 3.8) is 0 Å². The second-order valence-corrected chi connectivity index (χ2v) is 7.28. The number of carbonyl (C=O) groups excluding carboxylic acids is 1. The molecule has 0 atom stereocenters. The summed E-state index contributed by atoms with van der Waals surface area (Å²) >= 11 is 0. The minimum atomic E-state index is -0.605. The van der Waals surface area contributed by atoms with E-state index >= 15 is 0 Å². The lowest BCUT2D eigenvalue weighted by atomic mass is 10.2. The van der Waals surface area contributed by atoms with Crippen LogP contribution in [0.1, 0.15) is 21.5 Å². The summed E-state index contributed by atoms with van der Waals surface area (Å²) in [6, 6.07) is 14.4. The number of aromatic amines is 1. The number of carbonyl (C=O) groups is 1. The summed E-state index contributed by atoms with van der Waals surface area (Å²) in [7, 11) is 3.23. The lowest BCUT2D eigenvalue weighted by Crippen LogP contribution is -2.34. The Labute approximate surface area is 177 Å². The van der Waals surface area contributed by atoms with Crippen molar-refractivity contribution in [3.05, 3.63) is 92.3 Å². The minimum absolute atomic E-state index is 0.207. The van der Waals surface area contributed by atoms with Crippen LogP contribution in [0.5, 0.6) is 5.75 Å². The van der Waals surface area contributed by atoms with Gasteiger partial charge in [-0.05, 0) is 25.1 Å². The van der Waals surface area contributed by atoms with E-state index in [0.29, 0.717) is 11.4 Å². The van der Waals surface area contributed by atoms with E-state index in [1.165, 1.54) is 0 Å². The van der Waals surface area contributed by atoms with E-state index in [1.54, 1.807) is 37.1 Å². The molecule has 2 aromatic heterocycles. The standard InChI is InChI=1S/C23H22N4O4/c1-14-8-10-16(11-9-14)27-22(29)20-19(25-23(27)30)17(13-26(20)2)21(28)24-12-15-6-4-5-7-18(15)31-3/h4-11,13H,12H2,1-3H3,(H,24,28)(H,25,30). The minimum Gasteiger partial charge on any atom is -0.496 e. The van der Waals surface area contributed by atoms with Crippen molar-refractivity contribution in [2.24, 2.45) is 7.05 Å². The van der Waals surface area contributed by atoms with E-state index in [4.69, 9.17) is 4.74 Å². The molecule has 8 heteroatoms. The van der Waals surface area contributed by atoms with Crippen molar-refractivity contribution >= 4 is 16.9 Å². The highest BCUT2D eigenvalue weighted by molar-refractivity contribution is 6.05. The molecule has 0 bridgehead atoms. The van der Waals surface area contributed by atoms with Gasteiger partial charge in [0.25, 0.3) is 11.5 Å². The number of hydrogen-bond acceptors (Lipinski definition) is 4. The molecule has 8 nitrogen and oxygen atoms in total. The molecule has 0 spiro atoms. The molecule has 1 amide bonds. The summed E-state index contributed by atoms with van der Waals surface area (Å²) in [5.74, 6) is 0.259. The number of H-pyrrole nitrogens is 1. The van der Waals surface area contributed by atoms with Crippen LogP contribution in [0.15, 0.2) is 64.3 Å². The Morgan fingerprint density at radius 1 is 1.10 bits per heavy atom. The van der Waals surface area contributed by atoms with Crippen molar-refractivity contribution in [2.75, 3.05) is 7.11 Å². The largest absolute Gasteiger partial charge is 0.496 e. The first-order valence-electron chi connectivity index (χ1n) is 9.72. The van der Waals surface area contributed by atoms with Gasteiger partial charge in [0.1, 0.15) is 11.3 Å². The van der Waals surface area contributed by atoms with Crippen LogP contribution in [-0.2, 0) is 13.6 Å². The van der Waals surface area contributed by atoms with Gasteiger partial charge in [-0.15, -0.1) is 0 Å². The molecule has 31 heavy (non-hydrogen) atoms. The maximum atomic E-state index is 13.1. The van der Waals surface area contributed by atoms with Crippen LogP contribution in [-0.4, -0.2) is 27.1 Å². The number of methoxy groups -OCH3 is 1. The van der Waals surface area contributed by atoms with E-state index in [1.807, 2.05) is 43.3 Å². The van der Waals surface area contributed by atoms with Gasteiger partial charge in [0, 0.05) is 25.4 Å². The van der Waals surface area contributed by atoms with Gasteiger partial charge >= 0.3 is 5.69 Å². The zero-order valence-corrected chi connectivity index (χ0v) is 17.4. The van der Waals surface area contributed by atoms with Crippen LogP contribution in [0, 0.1) is 6.92 Å². The molecule has 2 aromatic carbocycles. The Morgan fingerprint density at radius 3 is 2.52 bits per heavy atom. The third-order valence-corrected chi connectivity index (χ3v) is 5.19. The molecule has 0 radical (unpaired) electrons. The average molecular weight is 418 g/mol. The van der Waals surface area contributed by atoms with Gasteiger partial charge in [0.05, 0.1) is 23.9 Å². The van der Waals surface area contributed by atoms with E-state index in [0.717, 1.165) is 15.7 Å². The number of amides is 1. The monoisotopic (exact) mass is 418 g/mol. The fourth-order valence-electron chi connectivity index (χ4n) is 3.59. The molecule has 4 rings (SSSR count). The van der Waals surface area contributed by atoms with Gasteiger partial charge in [0.2, 0.25) is 0 Å². The molecule has 0 fully saturated rings. The number of aryl methyl sites for hydroxylation is 2. The highest BCUT2D eigenvalue weighted by Gasteiger charge is 2.20. The van der Waals surface area contributed by atoms with E-state index < -0.39 is 17.2 Å². The van der Waals surface area contributed by atoms with Crippen molar-refractivity contribution in [3.8, 4) is 11.4 Å². The van der Waals surface area contributed by atoms with Crippen LogP contribution in [0.2, 0.25) is 0 Å². The van der Waals surface area contributed by atoms with Crippen molar-refractivity contribution in [1.82, 2.24) is 19.4 Å². The second kappa shape index (κ2) is 7.98. The van der Waals surface area contributed by atoms with Gasteiger partial charge in [-0.2, -0.15) is 0 Å². The molecule has 2 heterocycles. The Balaban J connectivity index is 1.73. The SMILES string of the molecule is COc1ccccc1CNC(=O)c1cn(C)c2c(=O)n(-c3ccc(C)cc3)c(=O)[nH]c12. The Hall–Kier alpha value is -4.07. The molecule has 0 aliphatic rings. The number of rotatable bonds is 5. The average Bonchev–Trinajstić information content (AvgIpc) is 3.09. The molecular formula is C23H22N4O4. The van der Waals surface area contributed by atoms with Crippen LogP contribution in [0.25, 0.3) is 16.7 Å². The predicted octanol–water partition coefficient (Wildman–Crippen LogP) is 2.26. The third kappa shape index (κ3) is 3.63. The van der Waals surface area contributed by atoms with Crippen LogP contribution in [0.3, 0.4) is 0 Å². The highest BCUT2D eigenvalue weighted by atomic mass is 16.5. The first kappa shape index (κ1) is 20.2. The summed E-state index contributed by atoms with van der Waals surface area (Å²) in [5.41, 5.74) is 1.86. The third-order valence-electron chi connectivity index (χ3n) is 5.19. The molecule has 158 valence electrons. The lowest BCUT2D eigenvalue weighted by Gasteiger charge is -2.09. The summed E-state index contributed by atoms with van der Waals surface area (Å²) in [5, 5.41) is 2.82. The number of nitrogens with one attached hydrogen (secondary N) is 2. The number of ether oxygens (including phenoxy) is 1. The number of para-hydroxylation sites is 1. The topological polar surface area (TPSA) is 98.1 Å². The summed E-state index contributed by atoms with van der Waals surface area (Å²) in [6.07, 6.45) is 1.54. The van der Waals surface area contributed by atoms with E-state index in [9.17, 15) is 14.4 Å². The molecule has 0 aliphatic carbocycles. The highest BCUT2D eigenvalue weighted by Crippen LogP contribution is 2.18. The lowest BCUT2D eigenvalue weighted by molar-refractivity contribution is 0.0952. The van der Waals surface area contributed by atoms with Gasteiger partial charge in [-0.3, -0.25) is 9.59 Å². The second-order valence-electron chi connectivity index (χ2n) is 7.28. The fraction of sp³-hybridized carbons (Fsp3) is 0.174.